The van der Waals surface area contributed by atoms with Gasteiger partial charge in [-0.3, -0.25) is 19.3 Å². The van der Waals surface area contributed by atoms with Crippen molar-refractivity contribution >= 4 is 35.0 Å². The number of aromatic nitrogens is 1. The van der Waals surface area contributed by atoms with Gasteiger partial charge in [0.05, 0.1) is 18.8 Å². The van der Waals surface area contributed by atoms with E-state index in [1.54, 1.807) is 42.1 Å². The fraction of sp³-hybridized carbons (Fsp3) is 0.200. The highest BCUT2D eigenvalue weighted by Crippen LogP contribution is 2.19. The number of thiophene rings is 1. The zero-order valence-electron chi connectivity index (χ0n) is 12.3. The molecule has 0 aromatic carbocycles. The molecular formula is C15H13N3O4S. The van der Waals surface area contributed by atoms with Crippen LogP contribution >= 0.6 is 11.3 Å². The first-order chi connectivity index (χ1) is 11.0. The van der Waals surface area contributed by atoms with Crippen molar-refractivity contribution < 1.29 is 19.2 Å². The number of ketones is 1. The highest BCUT2D eigenvalue weighted by Gasteiger charge is 2.45. The summed E-state index contributed by atoms with van der Waals surface area (Å²) >= 11 is 1.38. The predicted molar refractivity (Wildman–Crippen MR) is 81.7 cm³/mol. The van der Waals surface area contributed by atoms with Crippen molar-refractivity contribution in [3.8, 4) is 0 Å². The normalized spacial score (nSPS) is 14.9. The molecular weight excluding hydrogens is 318 g/mol. The van der Waals surface area contributed by atoms with Crippen LogP contribution in [0.2, 0.25) is 0 Å². The molecule has 0 atom stereocenters. The van der Waals surface area contributed by atoms with Gasteiger partial charge in [-0.15, -0.1) is 11.3 Å². The molecule has 3 rings (SSSR count). The molecule has 3 heterocycles. The molecule has 8 heteroatoms. The van der Waals surface area contributed by atoms with E-state index in [-0.39, 0.29) is 6.54 Å². The van der Waals surface area contributed by atoms with Crippen molar-refractivity contribution in [2.45, 2.75) is 6.54 Å². The summed E-state index contributed by atoms with van der Waals surface area (Å²) in [6.07, 6.45) is 1.69. The number of hydrogen-bond acceptors (Lipinski definition) is 5. The summed E-state index contributed by atoms with van der Waals surface area (Å²) in [6, 6.07) is 6.10. The molecule has 23 heavy (non-hydrogen) atoms. The topological polar surface area (TPSA) is 79.7 Å². The van der Waals surface area contributed by atoms with Gasteiger partial charge in [0, 0.05) is 18.1 Å². The Morgan fingerprint density at radius 1 is 1.09 bits per heavy atom. The lowest BCUT2D eigenvalue weighted by molar-refractivity contribution is -0.143. The number of carbonyl (C=O) groups is 4. The Bertz CT molecular complexity index is 794. The van der Waals surface area contributed by atoms with Gasteiger partial charge in [0.25, 0.3) is 0 Å². The van der Waals surface area contributed by atoms with E-state index >= 15 is 0 Å². The predicted octanol–water partition coefficient (Wildman–Crippen LogP) is 1.26. The number of aryl methyl sites for hydroxylation is 1. The minimum absolute atomic E-state index is 0.0376. The van der Waals surface area contributed by atoms with Gasteiger partial charge < -0.3 is 4.57 Å². The summed E-state index contributed by atoms with van der Waals surface area (Å²) in [4.78, 5) is 50.9. The monoisotopic (exact) mass is 331 g/mol. The fourth-order valence-electron chi connectivity index (χ4n) is 2.36. The zero-order valence-corrected chi connectivity index (χ0v) is 13.1. The second-order valence-electron chi connectivity index (χ2n) is 5.07. The number of Topliss-reactive ketones (excluding diaryl/α,β-unsaturated/α-hetero) is 1. The van der Waals surface area contributed by atoms with Crippen molar-refractivity contribution in [3.05, 3.63) is 46.4 Å². The Morgan fingerprint density at radius 2 is 1.83 bits per heavy atom. The van der Waals surface area contributed by atoms with Crippen molar-refractivity contribution in [1.29, 1.82) is 0 Å². The number of carbonyl (C=O) groups excluding carboxylic acids is 4. The highest BCUT2D eigenvalue weighted by molar-refractivity contribution is 7.09. The average Bonchev–Trinajstić information content (AvgIpc) is 3.22. The first-order valence-electron chi connectivity index (χ1n) is 6.83. The minimum atomic E-state index is -0.964. The van der Waals surface area contributed by atoms with Crippen LogP contribution in [0.3, 0.4) is 0 Å². The lowest BCUT2D eigenvalue weighted by Crippen LogP contribution is -2.37. The molecule has 0 aliphatic carbocycles. The van der Waals surface area contributed by atoms with Crippen molar-refractivity contribution in [1.82, 2.24) is 14.4 Å². The van der Waals surface area contributed by atoms with Gasteiger partial charge in [-0.25, -0.2) is 9.69 Å². The standard InChI is InChI=1S/C15H13N3O4S/c1-16-6-2-5-11(16)12(19)9-18-14(21)13(20)17(15(18)22)8-10-4-3-7-23-10/h2-7H,8-9H2,1H3. The van der Waals surface area contributed by atoms with E-state index in [2.05, 4.69) is 0 Å². The summed E-state index contributed by atoms with van der Waals surface area (Å²) < 4.78 is 1.60. The van der Waals surface area contributed by atoms with Crippen molar-refractivity contribution in [2.24, 2.45) is 7.05 Å². The molecule has 2 aromatic heterocycles. The Hall–Kier alpha value is -2.74. The zero-order chi connectivity index (χ0) is 16.6. The molecule has 0 spiro atoms. The van der Waals surface area contributed by atoms with Crippen LogP contribution in [0.5, 0.6) is 0 Å². The first kappa shape index (κ1) is 15.2. The lowest BCUT2D eigenvalue weighted by Gasteiger charge is -2.14. The van der Waals surface area contributed by atoms with Gasteiger partial charge in [-0.05, 0) is 23.6 Å². The molecule has 2 aromatic rings. The Balaban J connectivity index is 1.77. The minimum Gasteiger partial charge on any atom is -0.348 e. The highest BCUT2D eigenvalue weighted by atomic mass is 32.1. The maximum Gasteiger partial charge on any atom is 0.335 e. The SMILES string of the molecule is Cn1cccc1C(=O)CN1C(=O)C(=O)N(Cc2cccs2)C1=O. The second-order valence-corrected chi connectivity index (χ2v) is 6.10. The number of imide groups is 2. The number of nitrogens with zero attached hydrogens (tertiary/aromatic N) is 3. The third-order valence-electron chi connectivity index (χ3n) is 3.56. The van der Waals surface area contributed by atoms with Crippen molar-refractivity contribution in [3.63, 3.8) is 0 Å². The van der Waals surface area contributed by atoms with Crippen LogP contribution in [0.15, 0.2) is 35.8 Å². The molecule has 0 bridgehead atoms. The van der Waals surface area contributed by atoms with Crippen LogP contribution in [0, 0.1) is 0 Å². The summed E-state index contributed by atoms with van der Waals surface area (Å²) in [7, 11) is 1.69. The maximum absolute atomic E-state index is 12.3. The summed E-state index contributed by atoms with van der Waals surface area (Å²) in [5, 5.41) is 1.82. The van der Waals surface area contributed by atoms with Gasteiger partial charge in [0.15, 0.2) is 5.78 Å². The summed E-state index contributed by atoms with van der Waals surface area (Å²) in [5.74, 6) is -2.26. The number of rotatable bonds is 5. The Morgan fingerprint density at radius 3 is 2.43 bits per heavy atom. The molecule has 0 radical (unpaired) electrons. The molecule has 1 saturated heterocycles. The Labute approximate surface area is 135 Å². The van der Waals surface area contributed by atoms with Crippen LogP contribution in [-0.4, -0.2) is 44.5 Å². The second kappa shape index (κ2) is 5.81. The van der Waals surface area contributed by atoms with Crippen LogP contribution in [0.25, 0.3) is 0 Å². The lowest BCUT2D eigenvalue weighted by atomic mass is 10.2. The Kier molecular flexibility index (Phi) is 3.83. The van der Waals surface area contributed by atoms with Gasteiger partial charge in [0.2, 0.25) is 0 Å². The quantitative estimate of drug-likeness (QED) is 0.469. The van der Waals surface area contributed by atoms with E-state index in [1.165, 1.54) is 11.3 Å². The van der Waals surface area contributed by atoms with E-state index in [0.717, 1.165) is 9.78 Å². The molecule has 1 aliphatic rings. The summed E-state index contributed by atoms with van der Waals surface area (Å²) in [6.45, 7) is -0.405. The first-order valence-corrected chi connectivity index (χ1v) is 7.71. The van der Waals surface area contributed by atoms with Crippen molar-refractivity contribution in [2.75, 3.05) is 6.54 Å². The smallest absolute Gasteiger partial charge is 0.335 e. The third kappa shape index (κ3) is 2.68. The van der Waals surface area contributed by atoms with E-state index in [9.17, 15) is 19.2 Å². The van der Waals surface area contributed by atoms with Gasteiger partial charge >= 0.3 is 17.8 Å². The molecule has 118 valence electrons. The van der Waals surface area contributed by atoms with E-state index in [4.69, 9.17) is 0 Å². The van der Waals surface area contributed by atoms with Crippen LogP contribution < -0.4 is 0 Å². The molecule has 4 amide bonds. The molecule has 7 nitrogen and oxygen atoms in total. The molecule has 0 N–H and O–H groups in total. The number of amides is 4. The fourth-order valence-corrected chi connectivity index (χ4v) is 3.06. The molecule has 1 fully saturated rings. The van der Waals surface area contributed by atoms with Gasteiger partial charge in [0.1, 0.15) is 0 Å². The van der Waals surface area contributed by atoms with E-state index in [1.807, 2.05) is 5.38 Å². The van der Waals surface area contributed by atoms with E-state index in [0.29, 0.717) is 10.6 Å². The van der Waals surface area contributed by atoms with Crippen LogP contribution in [0.4, 0.5) is 4.79 Å². The number of urea groups is 1. The average molecular weight is 331 g/mol. The van der Waals surface area contributed by atoms with Gasteiger partial charge in [-0.1, -0.05) is 6.07 Å². The van der Waals surface area contributed by atoms with Crippen LogP contribution in [-0.2, 0) is 23.2 Å². The third-order valence-corrected chi connectivity index (χ3v) is 4.42. The van der Waals surface area contributed by atoms with Gasteiger partial charge in [-0.2, -0.15) is 0 Å². The van der Waals surface area contributed by atoms with Crippen LogP contribution in [0.1, 0.15) is 15.4 Å². The molecule has 0 unspecified atom stereocenters. The largest absolute Gasteiger partial charge is 0.348 e. The van der Waals surface area contributed by atoms with E-state index < -0.39 is 30.2 Å². The summed E-state index contributed by atoms with van der Waals surface area (Å²) in [5.41, 5.74) is 0.370. The maximum atomic E-state index is 12.3. The molecule has 0 saturated carbocycles. The number of hydrogen-bond donors (Lipinski definition) is 0. The molecule has 1 aliphatic heterocycles.